The molecule has 0 unspecified atom stereocenters. The summed E-state index contributed by atoms with van der Waals surface area (Å²) in [5, 5.41) is 3.68. The van der Waals surface area contributed by atoms with Gasteiger partial charge in [0.2, 0.25) is 10.0 Å². The van der Waals surface area contributed by atoms with Crippen LogP contribution in [0.25, 0.3) is 0 Å². The van der Waals surface area contributed by atoms with Gasteiger partial charge >= 0.3 is 0 Å². The summed E-state index contributed by atoms with van der Waals surface area (Å²) in [6.07, 6.45) is 1.68. The van der Waals surface area contributed by atoms with Crippen LogP contribution in [0.1, 0.15) is 28.8 Å². The number of halogens is 2. The highest BCUT2D eigenvalue weighted by Gasteiger charge is 2.28. The fourth-order valence-electron chi connectivity index (χ4n) is 3.04. The molecule has 1 amide bonds. The maximum Gasteiger partial charge on any atom is 0.255 e. The zero-order valence-electron chi connectivity index (χ0n) is 15.2. The first-order valence-corrected chi connectivity index (χ1v) is 10.9. The molecule has 1 heterocycles. The third-order valence-corrected chi connectivity index (χ3v) is 7.05. The number of methoxy groups -OCH3 is 1. The van der Waals surface area contributed by atoms with Gasteiger partial charge in [0.05, 0.1) is 17.6 Å². The lowest BCUT2D eigenvalue weighted by Crippen LogP contribution is -2.28. The Kier molecular flexibility index (Phi) is 6.50. The third-order valence-electron chi connectivity index (χ3n) is 4.57. The first kappa shape index (κ1) is 20.9. The predicted octanol–water partition coefficient (Wildman–Crippen LogP) is 3.72. The Morgan fingerprint density at radius 1 is 1.14 bits per heavy atom. The van der Waals surface area contributed by atoms with Crippen LogP contribution in [0.2, 0.25) is 10.0 Å². The Bertz CT molecular complexity index is 989. The second-order valence-corrected chi connectivity index (χ2v) is 9.17. The number of hydrogen-bond acceptors (Lipinski definition) is 4. The molecule has 2 aromatic carbocycles. The zero-order valence-corrected chi connectivity index (χ0v) is 17.6. The monoisotopic (exact) mass is 442 g/mol. The van der Waals surface area contributed by atoms with Gasteiger partial charge in [0, 0.05) is 29.7 Å². The van der Waals surface area contributed by atoms with Crippen molar-refractivity contribution in [1.82, 2.24) is 9.62 Å². The van der Waals surface area contributed by atoms with Crippen molar-refractivity contribution in [2.75, 3.05) is 20.2 Å². The lowest BCUT2D eigenvalue weighted by molar-refractivity contribution is 0.0947. The molecule has 1 N–H and O–H groups in total. The fraction of sp³-hybridized carbons (Fsp3) is 0.316. The second-order valence-electron chi connectivity index (χ2n) is 6.39. The molecule has 1 aliphatic heterocycles. The van der Waals surface area contributed by atoms with Crippen LogP contribution in [-0.4, -0.2) is 38.8 Å². The lowest BCUT2D eigenvalue weighted by atomic mass is 10.1. The topological polar surface area (TPSA) is 75.7 Å². The Morgan fingerprint density at radius 3 is 2.50 bits per heavy atom. The maximum atomic E-state index is 12.8. The van der Waals surface area contributed by atoms with Crippen LogP contribution in [-0.2, 0) is 16.6 Å². The average Bonchev–Trinajstić information content (AvgIpc) is 3.22. The van der Waals surface area contributed by atoms with Gasteiger partial charge in [-0.3, -0.25) is 4.79 Å². The summed E-state index contributed by atoms with van der Waals surface area (Å²) in [5.41, 5.74) is 0.840. The maximum absolute atomic E-state index is 12.8. The van der Waals surface area contributed by atoms with E-state index in [1.165, 1.54) is 29.6 Å². The molecule has 28 heavy (non-hydrogen) atoms. The number of amides is 1. The average molecular weight is 443 g/mol. The van der Waals surface area contributed by atoms with Crippen LogP contribution < -0.4 is 10.1 Å². The van der Waals surface area contributed by atoms with Crippen LogP contribution in [0, 0.1) is 0 Å². The van der Waals surface area contributed by atoms with Gasteiger partial charge in [0.15, 0.2) is 0 Å². The molecule has 0 atom stereocenters. The molecule has 3 rings (SSSR count). The minimum Gasteiger partial charge on any atom is -0.496 e. The van der Waals surface area contributed by atoms with Gasteiger partial charge in [-0.25, -0.2) is 8.42 Å². The van der Waals surface area contributed by atoms with Crippen LogP contribution in [0.4, 0.5) is 0 Å². The third kappa shape index (κ3) is 4.43. The smallest absolute Gasteiger partial charge is 0.255 e. The zero-order chi connectivity index (χ0) is 20.3. The molecule has 1 fully saturated rings. The number of ether oxygens (including phenoxy) is 1. The van der Waals surface area contributed by atoms with Crippen molar-refractivity contribution >= 4 is 39.1 Å². The van der Waals surface area contributed by atoms with Crippen molar-refractivity contribution < 1.29 is 17.9 Å². The molecule has 6 nitrogen and oxygen atoms in total. The summed E-state index contributed by atoms with van der Waals surface area (Å²) >= 11 is 12.0. The molecule has 9 heteroatoms. The number of benzene rings is 2. The first-order valence-electron chi connectivity index (χ1n) is 8.73. The Balaban J connectivity index is 1.84. The number of nitrogens with one attached hydrogen (secondary N) is 1. The molecule has 1 saturated heterocycles. The van der Waals surface area contributed by atoms with E-state index in [9.17, 15) is 13.2 Å². The Labute approximate surface area is 174 Å². The number of rotatable bonds is 6. The summed E-state index contributed by atoms with van der Waals surface area (Å²) in [6, 6.07) is 9.29. The van der Waals surface area contributed by atoms with Crippen molar-refractivity contribution in [2.24, 2.45) is 0 Å². The molecule has 0 bridgehead atoms. The van der Waals surface area contributed by atoms with Gasteiger partial charge in [-0.15, -0.1) is 0 Å². The lowest BCUT2D eigenvalue weighted by Gasteiger charge is -2.17. The van der Waals surface area contributed by atoms with Crippen LogP contribution in [0.15, 0.2) is 41.3 Å². The van der Waals surface area contributed by atoms with Gasteiger partial charge < -0.3 is 10.1 Å². The highest BCUT2D eigenvalue weighted by Crippen LogP contribution is 2.27. The molecule has 0 spiro atoms. The van der Waals surface area contributed by atoms with Gasteiger partial charge in [0.25, 0.3) is 5.91 Å². The van der Waals surface area contributed by atoms with E-state index in [4.69, 9.17) is 27.9 Å². The van der Waals surface area contributed by atoms with E-state index in [1.54, 1.807) is 18.2 Å². The van der Waals surface area contributed by atoms with Crippen LogP contribution >= 0.6 is 23.2 Å². The summed E-state index contributed by atoms with van der Waals surface area (Å²) < 4.78 is 32.2. The number of carbonyl (C=O) groups is 1. The quantitative estimate of drug-likeness (QED) is 0.739. The van der Waals surface area contributed by atoms with E-state index in [-0.39, 0.29) is 17.0 Å². The summed E-state index contributed by atoms with van der Waals surface area (Å²) in [6.45, 7) is 1.15. The Morgan fingerprint density at radius 2 is 1.86 bits per heavy atom. The Hall–Kier alpha value is -1.80. The summed E-state index contributed by atoms with van der Waals surface area (Å²) in [5.74, 6) is -0.165. The van der Waals surface area contributed by atoms with Crippen molar-refractivity contribution in [1.29, 1.82) is 0 Å². The molecule has 0 saturated carbocycles. The minimum atomic E-state index is -3.64. The number of hydrogen-bond donors (Lipinski definition) is 1. The van der Waals surface area contributed by atoms with E-state index in [1.807, 2.05) is 0 Å². The van der Waals surface area contributed by atoms with E-state index >= 15 is 0 Å². The van der Waals surface area contributed by atoms with Gasteiger partial charge in [0.1, 0.15) is 5.75 Å². The molecule has 2 aromatic rings. The fourth-order valence-corrected chi connectivity index (χ4v) is 5.06. The first-order chi connectivity index (χ1) is 13.3. The van der Waals surface area contributed by atoms with Crippen molar-refractivity contribution in [2.45, 2.75) is 24.3 Å². The molecular formula is C19H20Cl2N2O4S. The van der Waals surface area contributed by atoms with Gasteiger partial charge in [-0.1, -0.05) is 29.3 Å². The largest absolute Gasteiger partial charge is 0.496 e. The number of sulfonamides is 1. The molecule has 0 aromatic heterocycles. The summed E-state index contributed by atoms with van der Waals surface area (Å²) in [4.78, 5) is 12.8. The van der Waals surface area contributed by atoms with Crippen molar-refractivity contribution in [3.8, 4) is 5.75 Å². The molecule has 0 aliphatic carbocycles. The van der Waals surface area contributed by atoms with Crippen LogP contribution in [0.5, 0.6) is 5.75 Å². The molecule has 1 aliphatic rings. The van der Waals surface area contributed by atoms with Gasteiger partial charge in [-0.05, 0) is 48.7 Å². The summed E-state index contributed by atoms with van der Waals surface area (Å²) in [7, 11) is -2.21. The van der Waals surface area contributed by atoms with E-state index in [2.05, 4.69) is 5.32 Å². The second kappa shape index (κ2) is 8.69. The van der Waals surface area contributed by atoms with E-state index < -0.39 is 15.9 Å². The van der Waals surface area contributed by atoms with E-state index in [0.717, 1.165) is 12.8 Å². The van der Waals surface area contributed by atoms with Crippen molar-refractivity contribution in [3.05, 3.63) is 57.6 Å². The predicted molar refractivity (Wildman–Crippen MR) is 109 cm³/mol. The highest BCUT2D eigenvalue weighted by atomic mass is 35.5. The standard InChI is InChI=1S/C19H20Cl2N2O4S/c1-27-18-7-6-15(28(25,26)23-8-2-3-9-23)11-16(18)19(24)22-12-13-4-5-14(20)10-17(13)21/h4-7,10-11H,2-3,8-9,12H2,1H3,(H,22,24). The minimum absolute atomic E-state index is 0.0740. The highest BCUT2D eigenvalue weighted by molar-refractivity contribution is 7.89. The van der Waals surface area contributed by atoms with Gasteiger partial charge in [-0.2, -0.15) is 4.31 Å². The molecule has 0 radical (unpaired) electrons. The number of carbonyl (C=O) groups excluding carboxylic acids is 1. The van der Waals surface area contributed by atoms with E-state index in [0.29, 0.717) is 34.4 Å². The SMILES string of the molecule is COc1ccc(S(=O)(=O)N2CCCC2)cc1C(=O)NCc1ccc(Cl)cc1Cl. The molecular weight excluding hydrogens is 423 g/mol. The number of nitrogens with zero attached hydrogens (tertiary/aromatic N) is 1. The normalized spacial score (nSPS) is 14.8. The van der Waals surface area contributed by atoms with Crippen LogP contribution in [0.3, 0.4) is 0 Å². The van der Waals surface area contributed by atoms with Crippen molar-refractivity contribution in [3.63, 3.8) is 0 Å². The molecule has 150 valence electrons.